The van der Waals surface area contributed by atoms with Crippen LogP contribution in [-0.4, -0.2) is 24.1 Å². The molecule has 6 nitrogen and oxygen atoms in total. The van der Waals surface area contributed by atoms with E-state index in [1.807, 2.05) is 35.8 Å². The van der Waals surface area contributed by atoms with Crippen LogP contribution in [0.3, 0.4) is 0 Å². The Labute approximate surface area is 186 Å². The molecule has 1 atom stereocenters. The van der Waals surface area contributed by atoms with E-state index in [0.29, 0.717) is 40.5 Å². The Bertz CT molecular complexity index is 1510. The first kappa shape index (κ1) is 20.4. The van der Waals surface area contributed by atoms with Crippen molar-refractivity contribution in [2.45, 2.75) is 53.0 Å². The van der Waals surface area contributed by atoms with Crippen molar-refractivity contribution in [3.8, 4) is 5.69 Å². The normalized spacial score (nSPS) is 12.8. The van der Waals surface area contributed by atoms with Gasteiger partial charge in [0.05, 0.1) is 11.0 Å². The zero-order valence-corrected chi connectivity index (χ0v) is 19.0. The van der Waals surface area contributed by atoms with Crippen LogP contribution in [0.4, 0.5) is 0 Å². The second kappa shape index (κ2) is 7.86. The van der Waals surface area contributed by atoms with Gasteiger partial charge in [0.15, 0.2) is 11.3 Å². The Morgan fingerprint density at radius 3 is 2.25 bits per heavy atom. The fourth-order valence-corrected chi connectivity index (χ4v) is 4.35. The van der Waals surface area contributed by atoms with Gasteiger partial charge in [0.1, 0.15) is 16.7 Å². The smallest absolute Gasteiger partial charge is 0.265 e. The molecule has 5 aromatic rings. The lowest BCUT2D eigenvalue weighted by molar-refractivity contribution is 0.624. The van der Waals surface area contributed by atoms with E-state index in [1.54, 1.807) is 4.57 Å². The summed E-state index contributed by atoms with van der Waals surface area (Å²) in [6, 6.07) is 16.3. The summed E-state index contributed by atoms with van der Waals surface area (Å²) in [7, 11) is 0. The van der Waals surface area contributed by atoms with E-state index in [2.05, 4.69) is 45.0 Å². The molecule has 0 fully saturated rings. The minimum atomic E-state index is -0.0566. The lowest BCUT2D eigenvalue weighted by Gasteiger charge is -2.12. The summed E-state index contributed by atoms with van der Waals surface area (Å²) in [5.74, 6) is 1.20. The minimum absolute atomic E-state index is 0.0566. The van der Waals surface area contributed by atoms with E-state index in [-0.39, 0.29) is 5.56 Å². The van der Waals surface area contributed by atoms with E-state index in [0.717, 1.165) is 29.6 Å². The van der Waals surface area contributed by atoms with E-state index < -0.39 is 0 Å². The lowest BCUT2D eigenvalue weighted by atomic mass is 9.99. The quantitative estimate of drug-likeness (QED) is 0.372. The highest BCUT2D eigenvalue weighted by atomic mass is 16.1. The number of para-hydroxylation sites is 2. The number of benzene rings is 2. The maximum Gasteiger partial charge on any atom is 0.265 e. The van der Waals surface area contributed by atoms with Crippen molar-refractivity contribution < 1.29 is 0 Å². The highest BCUT2D eigenvalue weighted by Crippen LogP contribution is 2.29. The number of fused-ring (bicyclic) bond motifs is 4. The third-order valence-corrected chi connectivity index (χ3v) is 6.33. The van der Waals surface area contributed by atoms with Crippen LogP contribution in [0.2, 0.25) is 0 Å². The maximum atomic E-state index is 13.6. The molecule has 0 aliphatic heterocycles. The van der Waals surface area contributed by atoms with E-state index in [9.17, 15) is 4.79 Å². The first-order valence-electron chi connectivity index (χ1n) is 11.3. The van der Waals surface area contributed by atoms with Crippen molar-refractivity contribution in [1.82, 2.24) is 24.1 Å². The predicted molar refractivity (Wildman–Crippen MR) is 130 cm³/mol. The molecule has 0 spiro atoms. The highest BCUT2D eigenvalue weighted by molar-refractivity contribution is 6.05. The molecular formula is C26H27N5O. The first-order chi connectivity index (χ1) is 15.5. The number of hydrogen-bond acceptors (Lipinski definition) is 4. The number of aromatic nitrogens is 5. The molecule has 3 heterocycles. The van der Waals surface area contributed by atoms with Gasteiger partial charge in [-0.2, -0.15) is 0 Å². The Kier molecular flexibility index (Phi) is 5.00. The summed E-state index contributed by atoms with van der Waals surface area (Å²) in [4.78, 5) is 28.2. The van der Waals surface area contributed by atoms with Crippen molar-refractivity contribution in [3.05, 3.63) is 70.3 Å². The molecule has 0 saturated heterocycles. The third-order valence-electron chi connectivity index (χ3n) is 6.33. The molecule has 0 aliphatic rings. The summed E-state index contributed by atoms with van der Waals surface area (Å²) < 4.78 is 3.73. The molecule has 0 radical (unpaired) electrons. The summed E-state index contributed by atoms with van der Waals surface area (Å²) in [5.41, 5.74) is 5.61. The molecule has 5 rings (SSSR count). The average Bonchev–Trinajstić information content (AvgIpc) is 3.12. The van der Waals surface area contributed by atoms with Gasteiger partial charge in [0.25, 0.3) is 5.56 Å². The molecular weight excluding hydrogens is 398 g/mol. The summed E-state index contributed by atoms with van der Waals surface area (Å²) in [6.07, 6.45) is 1.95. The average molecular weight is 426 g/mol. The molecule has 0 N–H and O–H groups in total. The Morgan fingerprint density at radius 1 is 0.906 bits per heavy atom. The van der Waals surface area contributed by atoms with Gasteiger partial charge >= 0.3 is 0 Å². The molecule has 3 aromatic heterocycles. The first-order valence-corrected chi connectivity index (χ1v) is 11.3. The van der Waals surface area contributed by atoms with Crippen LogP contribution in [0, 0.1) is 6.92 Å². The maximum absolute atomic E-state index is 13.6. The zero-order chi connectivity index (χ0) is 22.4. The molecule has 0 aliphatic carbocycles. The van der Waals surface area contributed by atoms with Crippen molar-refractivity contribution in [2.24, 2.45) is 0 Å². The fourth-order valence-electron chi connectivity index (χ4n) is 4.35. The van der Waals surface area contributed by atoms with Crippen LogP contribution in [0.15, 0.2) is 53.3 Å². The molecule has 1 unspecified atom stereocenters. The third kappa shape index (κ3) is 3.09. The molecule has 0 bridgehead atoms. The van der Waals surface area contributed by atoms with Gasteiger partial charge in [0.2, 0.25) is 0 Å². The van der Waals surface area contributed by atoms with E-state index in [1.165, 1.54) is 5.56 Å². The number of rotatable bonds is 5. The molecule has 2 aromatic carbocycles. The van der Waals surface area contributed by atoms with Crippen LogP contribution in [-0.2, 0) is 6.54 Å². The zero-order valence-electron chi connectivity index (χ0n) is 19.0. The van der Waals surface area contributed by atoms with E-state index >= 15 is 0 Å². The summed E-state index contributed by atoms with van der Waals surface area (Å²) in [6.45, 7) is 9.01. The van der Waals surface area contributed by atoms with Gasteiger partial charge in [-0.1, -0.05) is 45.0 Å². The van der Waals surface area contributed by atoms with Crippen molar-refractivity contribution >= 4 is 33.2 Å². The topological polar surface area (TPSA) is 65.6 Å². The monoisotopic (exact) mass is 425 g/mol. The number of hydrogen-bond donors (Lipinski definition) is 0. The Morgan fingerprint density at radius 2 is 1.59 bits per heavy atom. The van der Waals surface area contributed by atoms with Crippen molar-refractivity contribution in [2.75, 3.05) is 0 Å². The van der Waals surface area contributed by atoms with Crippen LogP contribution >= 0.6 is 0 Å². The molecule has 162 valence electrons. The van der Waals surface area contributed by atoms with E-state index in [4.69, 9.17) is 15.0 Å². The molecule has 0 saturated carbocycles. The van der Waals surface area contributed by atoms with Gasteiger partial charge < -0.3 is 0 Å². The van der Waals surface area contributed by atoms with Crippen molar-refractivity contribution in [1.29, 1.82) is 0 Å². The second-order valence-electron chi connectivity index (χ2n) is 8.44. The van der Waals surface area contributed by atoms with Crippen LogP contribution in [0.25, 0.3) is 38.9 Å². The minimum Gasteiger partial charge on any atom is -0.296 e. The van der Waals surface area contributed by atoms with Gasteiger partial charge in [-0.05, 0) is 55.5 Å². The predicted octanol–water partition coefficient (Wildman–Crippen LogP) is 5.52. The standard InChI is InChI=1S/C26H27N5O/c1-5-15-30-17(4)27-24-22(26(30)32)23-25(29-21-10-8-7-9-20(21)28-23)31(24)19-13-11-18(12-14-19)16(3)6-2/h7-14,16H,5-6,15H2,1-4H3. The van der Waals surface area contributed by atoms with Gasteiger partial charge in [0, 0.05) is 12.2 Å². The van der Waals surface area contributed by atoms with Gasteiger partial charge in [-0.25, -0.2) is 15.0 Å². The number of aryl methyl sites for hydroxylation is 1. The Balaban J connectivity index is 1.90. The Hall–Kier alpha value is -3.54. The van der Waals surface area contributed by atoms with Crippen LogP contribution < -0.4 is 5.56 Å². The summed E-state index contributed by atoms with van der Waals surface area (Å²) in [5, 5.41) is 0.531. The SMILES string of the molecule is CCCn1c(C)nc2c(c1=O)c1nc3ccccc3nc1n2-c1ccc(C(C)CC)cc1. The van der Waals surface area contributed by atoms with Crippen LogP contribution in [0.1, 0.15) is 50.9 Å². The fraction of sp³-hybridized carbons (Fsp3) is 0.308. The lowest BCUT2D eigenvalue weighted by Crippen LogP contribution is -2.24. The number of nitrogens with zero attached hydrogens (tertiary/aromatic N) is 5. The molecule has 32 heavy (non-hydrogen) atoms. The van der Waals surface area contributed by atoms with Crippen molar-refractivity contribution in [3.63, 3.8) is 0 Å². The largest absolute Gasteiger partial charge is 0.296 e. The summed E-state index contributed by atoms with van der Waals surface area (Å²) >= 11 is 0. The van der Waals surface area contributed by atoms with Gasteiger partial charge in [-0.15, -0.1) is 0 Å². The highest BCUT2D eigenvalue weighted by Gasteiger charge is 2.22. The van der Waals surface area contributed by atoms with Crippen LogP contribution in [0.5, 0.6) is 0 Å². The van der Waals surface area contributed by atoms with Gasteiger partial charge in [-0.3, -0.25) is 13.9 Å². The molecule has 0 amide bonds. The second-order valence-corrected chi connectivity index (χ2v) is 8.44. The molecule has 6 heteroatoms.